The van der Waals surface area contributed by atoms with Gasteiger partial charge in [0.05, 0.1) is 16.7 Å². The van der Waals surface area contributed by atoms with Crippen molar-refractivity contribution in [2.75, 3.05) is 0 Å². The molecule has 0 aliphatic heterocycles. The van der Waals surface area contributed by atoms with E-state index in [1.807, 2.05) is 0 Å². The lowest BCUT2D eigenvalue weighted by molar-refractivity contribution is 0.0867. The summed E-state index contributed by atoms with van der Waals surface area (Å²) in [6, 6.07) is 4.93. The van der Waals surface area contributed by atoms with Gasteiger partial charge in [0.15, 0.2) is 0 Å². The van der Waals surface area contributed by atoms with E-state index in [4.69, 9.17) is 22.1 Å². The first-order valence-electron chi connectivity index (χ1n) is 7.61. The average molecular weight is 341 g/mol. The highest BCUT2D eigenvalue weighted by molar-refractivity contribution is 6.33. The van der Waals surface area contributed by atoms with Crippen LogP contribution in [-0.4, -0.2) is 29.3 Å². The normalized spacial score (nSPS) is 22.2. The second-order valence-electron chi connectivity index (χ2n) is 5.80. The minimum Gasteiger partial charge on any atom is -0.442 e. The minimum atomic E-state index is -0.866. The number of carbonyl (C=O) groups is 2. The van der Waals surface area contributed by atoms with Crippen LogP contribution < -0.4 is 11.1 Å². The van der Waals surface area contributed by atoms with Gasteiger partial charge >= 0.3 is 6.09 Å². The van der Waals surface area contributed by atoms with Crippen LogP contribution in [0.15, 0.2) is 18.2 Å². The summed E-state index contributed by atoms with van der Waals surface area (Å²) in [5.74, 6) is -0.244. The maximum atomic E-state index is 12.3. The van der Waals surface area contributed by atoms with Gasteiger partial charge in [-0.1, -0.05) is 17.7 Å². The summed E-state index contributed by atoms with van der Waals surface area (Å²) in [7, 11) is 0. The Morgan fingerprint density at radius 3 is 2.57 bits per heavy atom. The van der Waals surface area contributed by atoms with Gasteiger partial charge in [-0.3, -0.25) is 4.79 Å². The first kappa shape index (κ1) is 17.6. The van der Waals surface area contributed by atoms with Crippen molar-refractivity contribution in [2.24, 2.45) is 5.73 Å². The molecular formula is C16H21ClN2O4. The molecule has 0 spiro atoms. The van der Waals surface area contributed by atoms with Crippen molar-refractivity contribution in [3.05, 3.63) is 34.3 Å². The number of halogens is 1. The first-order chi connectivity index (χ1) is 10.9. The van der Waals surface area contributed by atoms with E-state index in [0.717, 1.165) is 12.8 Å². The molecule has 0 bridgehead atoms. The number of benzene rings is 1. The molecule has 0 aromatic heterocycles. The number of hydrogen-bond acceptors (Lipinski definition) is 4. The summed E-state index contributed by atoms with van der Waals surface area (Å²) in [6.45, 7) is 1.67. The highest BCUT2D eigenvalue weighted by Gasteiger charge is 2.22. The van der Waals surface area contributed by atoms with E-state index in [9.17, 15) is 14.7 Å². The van der Waals surface area contributed by atoms with Crippen molar-refractivity contribution in [3.63, 3.8) is 0 Å². The molecule has 0 radical (unpaired) electrons. The summed E-state index contributed by atoms with van der Waals surface area (Å²) >= 11 is 6.17. The van der Waals surface area contributed by atoms with Crippen LogP contribution in [0.5, 0.6) is 0 Å². The number of carbonyl (C=O) groups excluding carboxylic acids is 2. The van der Waals surface area contributed by atoms with Crippen LogP contribution in [-0.2, 0) is 4.74 Å². The highest BCUT2D eigenvalue weighted by Crippen LogP contribution is 2.25. The number of ether oxygens (including phenoxy) is 1. The Bertz CT molecular complexity index is 585. The number of nitrogens with one attached hydrogen (secondary N) is 1. The quantitative estimate of drug-likeness (QED) is 0.783. The van der Waals surface area contributed by atoms with E-state index in [-0.39, 0.29) is 23.1 Å². The van der Waals surface area contributed by atoms with Crippen LogP contribution in [0, 0.1) is 0 Å². The SMILES string of the molecule is C[C@H](OC(N)=O)c1ccc(C(=O)NC2CCC(O)CC2)c(Cl)c1. The van der Waals surface area contributed by atoms with Gasteiger partial charge < -0.3 is 20.9 Å². The van der Waals surface area contributed by atoms with Crippen LogP contribution in [0.25, 0.3) is 0 Å². The van der Waals surface area contributed by atoms with Gasteiger partial charge in [0.25, 0.3) is 5.91 Å². The van der Waals surface area contributed by atoms with Crippen molar-refractivity contribution in [3.8, 4) is 0 Å². The fourth-order valence-corrected chi connectivity index (χ4v) is 2.97. The van der Waals surface area contributed by atoms with Crippen LogP contribution >= 0.6 is 11.6 Å². The topological polar surface area (TPSA) is 102 Å². The Hall–Kier alpha value is -1.79. The summed E-state index contributed by atoms with van der Waals surface area (Å²) in [5.41, 5.74) is 6.01. The molecule has 1 atom stereocenters. The molecule has 2 rings (SSSR count). The van der Waals surface area contributed by atoms with Gasteiger partial charge in [0, 0.05) is 6.04 Å². The molecule has 1 aliphatic carbocycles. The Kier molecular flexibility index (Phi) is 5.85. The zero-order valence-corrected chi connectivity index (χ0v) is 13.7. The molecule has 1 aliphatic rings. The maximum absolute atomic E-state index is 12.3. The van der Waals surface area contributed by atoms with Gasteiger partial charge in [0.1, 0.15) is 6.10 Å². The van der Waals surface area contributed by atoms with E-state index in [1.165, 1.54) is 0 Å². The number of rotatable bonds is 4. The summed E-state index contributed by atoms with van der Waals surface area (Å²) in [5, 5.41) is 12.7. The third-order valence-electron chi connectivity index (χ3n) is 4.03. The number of aliphatic hydroxyl groups is 1. The Morgan fingerprint density at radius 2 is 2.00 bits per heavy atom. The fourth-order valence-electron chi connectivity index (χ4n) is 2.69. The monoisotopic (exact) mass is 340 g/mol. The summed E-state index contributed by atoms with van der Waals surface area (Å²) in [6.07, 6.45) is 1.23. The number of nitrogens with two attached hydrogens (primary N) is 1. The lowest BCUT2D eigenvalue weighted by atomic mass is 9.93. The largest absolute Gasteiger partial charge is 0.442 e. The van der Waals surface area contributed by atoms with Crippen LogP contribution in [0.2, 0.25) is 5.02 Å². The van der Waals surface area contributed by atoms with Gasteiger partial charge in [-0.25, -0.2) is 4.79 Å². The predicted molar refractivity (Wildman–Crippen MR) is 86.3 cm³/mol. The second kappa shape index (κ2) is 7.66. The molecule has 1 saturated carbocycles. The smallest absolute Gasteiger partial charge is 0.405 e. The van der Waals surface area contributed by atoms with Crippen LogP contribution in [0.4, 0.5) is 4.79 Å². The van der Waals surface area contributed by atoms with Crippen molar-refractivity contribution in [2.45, 2.75) is 50.9 Å². The molecule has 1 aromatic carbocycles. The number of hydrogen-bond donors (Lipinski definition) is 3. The number of amides is 2. The molecule has 1 aromatic rings. The van der Waals surface area contributed by atoms with Crippen molar-refractivity contribution in [1.82, 2.24) is 5.32 Å². The molecule has 7 heteroatoms. The van der Waals surface area contributed by atoms with E-state index in [1.54, 1.807) is 25.1 Å². The molecule has 4 N–H and O–H groups in total. The van der Waals surface area contributed by atoms with Gasteiger partial charge in [-0.2, -0.15) is 0 Å². The zero-order chi connectivity index (χ0) is 17.0. The molecule has 2 amide bonds. The Labute approximate surface area is 139 Å². The average Bonchev–Trinajstić information content (AvgIpc) is 2.48. The van der Waals surface area contributed by atoms with Crippen molar-refractivity contribution < 1.29 is 19.4 Å². The third kappa shape index (κ3) is 4.84. The Balaban J connectivity index is 2.02. The standard InChI is InChI=1S/C16H21ClN2O4/c1-9(23-16(18)22)10-2-7-13(14(17)8-10)15(21)19-11-3-5-12(20)6-4-11/h2,7-9,11-12,20H,3-6H2,1H3,(H2,18,22)(H,19,21)/t9-,11?,12?/m0/s1. The highest BCUT2D eigenvalue weighted by atomic mass is 35.5. The lowest BCUT2D eigenvalue weighted by Gasteiger charge is -2.26. The number of primary amides is 1. The minimum absolute atomic E-state index is 0.0544. The number of aliphatic hydroxyl groups excluding tert-OH is 1. The van der Waals surface area contributed by atoms with Crippen LogP contribution in [0.3, 0.4) is 0 Å². The zero-order valence-electron chi connectivity index (χ0n) is 12.9. The Morgan fingerprint density at radius 1 is 1.35 bits per heavy atom. The van der Waals surface area contributed by atoms with Crippen molar-refractivity contribution >= 4 is 23.6 Å². The predicted octanol–water partition coefficient (Wildman–Crippen LogP) is 2.53. The van der Waals surface area contributed by atoms with Gasteiger partial charge in [-0.05, 0) is 50.3 Å². The first-order valence-corrected chi connectivity index (χ1v) is 7.99. The molecule has 0 unspecified atom stereocenters. The van der Waals surface area contributed by atoms with E-state index in [2.05, 4.69) is 5.32 Å². The molecular weight excluding hydrogens is 320 g/mol. The van der Waals surface area contributed by atoms with E-state index >= 15 is 0 Å². The molecule has 23 heavy (non-hydrogen) atoms. The van der Waals surface area contributed by atoms with Crippen molar-refractivity contribution in [1.29, 1.82) is 0 Å². The molecule has 6 nitrogen and oxygen atoms in total. The van der Waals surface area contributed by atoms with E-state index < -0.39 is 12.2 Å². The molecule has 126 valence electrons. The lowest BCUT2D eigenvalue weighted by Crippen LogP contribution is -2.38. The fraction of sp³-hybridized carbons (Fsp3) is 0.500. The molecule has 0 saturated heterocycles. The maximum Gasteiger partial charge on any atom is 0.405 e. The molecule has 0 heterocycles. The second-order valence-corrected chi connectivity index (χ2v) is 6.20. The molecule has 1 fully saturated rings. The summed E-state index contributed by atoms with van der Waals surface area (Å²) < 4.78 is 4.88. The summed E-state index contributed by atoms with van der Waals surface area (Å²) in [4.78, 5) is 23.1. The third-order valence-corrected chi connectivity index (χ3v) is 4.34. The van der Waals surface area contributed by atoms with Crippen LogP contribution in [0.1, 0.15) is 54.6 Å². The van der Waals surface area contributed by atoms with E-state index in [0.29, 0.717) is 24.0 Å². The van der Waals surface area contributed by atoms with Gasteiger partial charge in [0.2, 0.25) is 0 Å². The van der Waals surface area contributed by atoms with Gasteiger partial charge in [-0.15, -0.1) is 0 Å².